The molecule has 2 rings (SSSR count). The Kier molecular flexibility index (Phi) is 4.16. The van der Waals surface area contributed by atoms with E-state index in [1.54, 1.807) is 0 Å². The maximum absolute atomic E-state index is 13.5. The van der Waals surface area contributed by atoms with E-state index in [1.807, 2.05) is 0 Å². The Hall–Kier alpha value is -2.18. The van der Waals surface area contributed by atoms with Crippen LogP contribution in [0, 0.1) is 11.6 Å². The molecule has 1 aromatic rings. The van der Waals surface area contributed by atoms with Gasteiger partial charge in [0.05, 0.1) is 6.54 Å². The van der Waals surface area contributed by atoms with Gasteiger partial charge in [-0.3, -0.25) is 9.59 Å². The zero-order valence-electron chi connectivity index (χ0n) is 10.9. The van der Waals surface area contributed by atoms with Crippen molar-refractivity contribution in [1.29, 1.82) is 0 Å². The Bertz CT molecular complexity index is 521. The minimum atomic E-state index is -0.861. The molecule has 5 nitrogen and oxygen atoms in total. The van der Waals surface area contributed by atoms with Crippen LogP contribution in [0.1, 0.15) is 23.2 Å². The number of carbonyl (C=O) groups is 2. The molecule has 0 radical (unpaired) electrons. The smallest absolute Gasteiger partial charge is 0.251 e. The molecule has 108 valence electrons. The molecule has 7 heteroatoms. The fourth-order valence-electron chi connectivity index (χ4n) is 1.71. The first-order valence-corrected chi connectivity index (χ1v) is 6.25. The lowest BCUT2D eigenvalue weighted by Crippen LogP contribution is -2.37. The van der Waals surface area contributed by atoms with E-state index in [9.17, 15) is 18.4 Å². The monoisotopic (exact) mass is 283 g/mol. The predicted molar refractivity (Wildman–Crippen MR) is 69.4 cm³/mol. The van der Waals surface area contributed by atoms with Gasteiger partial charge in [-0.05, 0) is 25.0 Å². The molecule has 2 amide bonds. The largest absolute Gasteiger partial charge is 0.383 e. The molecular weight excluding hydrogens is 268 g/mol. The van der Waals surface area contributed by atoms with Gasteiger partial charge in [0, 0.05) is 18.7 Å². The van der Waals surface area contributed by atoms with Gasteiger partial charge in [-0.25, -0.2) is 8.78 Å². The molecule has 0 heterocycles. The van der Waals surface area contributed by atoms with Crippen molar-refractivity contribution < 1.29 is 18.4 Å². The van der Waals surface area contributed by atoms with Gasteiger partial charge in [-0.2, -0.15) is 0 Å². The molecular formula is C13H15F2N3O2. The number of hydrogen-bond acceptors (Lipinski definition) is 3. The van der Waals surface area contributed by atoms with E-state index in [-0.39, 0.29) is 29.7 Å². The summed E-state index contributed by atoms with van der Waals surface area (Å²) in [5.74, 6) is -2.73. The Balaban J connectivity index is 1.96. The third kappa shape index (κ3) is 3.43. The lowest BCUT2D eigenvalue weighted by atomic mass is 10.1. The number of halogens is 2. The molecule has 0 aliphatic heterocycles. The zero-order chi connectivity index (χ0) is 14.7. The average molecular weight is 283 g/mol. The first-order chi connectivity index (χ1) is 9.51. The Morgan fingerprint density at radius 1 is 1.25 bits per heavy atom. The van der Waals surface area contributed by atoms with Crippen LogP contribution in [0.2, 0.25) is 0 Å². The summed E-state index contributed by atoms with van der Waals surface area (Å²) >= 11 is 0. The highest BCUT2D eigenvalue weighted by molar-refractivity contribution is 5.96. The van der Waals surface area contributed by atoms with Gasteiger partial charge in [0.25, 0.3) is 5.91 Å². The van der Waals surface area contributed by atoms with Crippen molar-refractivity contribution in [2.24, 2.45) is 0 Å². The highest BCUT2D eigenvalue weighted by Crippen LogP contribution is 2.20. The lowest BCUT2D eigenvalue weighted by Gasteiger charge is -2.08. The van der Waals surface area contributed by atoms with Crippen LogP contribution in [0.15, 0.2) is 12.1 Å². The Morgan fingerprint density at radius 2 is 1.85 bits per heavy atom. The van der Waals surface area contributed by atoms with Gasteiger partial charge >= 0.3 is 0 Å². The second-order valence-corrected chi connectivity index (χ2v) is 4.59. The molecule has 0 aromatic heterocycles. The average Bonchev–Trinajstić information content (AvgIpc) is 3.19. The number of anilines is 1. The minimum absolute atomic E-state index is 0.168. The van der Waals surface area contributed by atoms with Gasteiger partial charge < -0.3 is 16.0 Å². The minimum Gasteiger partial charge on any atom is -0.383 e. The lowest BCUT2D eigenvalue weighted by molar-refractivity contribution is -0.120. The van der Waals surface area contributed by atoms with Crippen molar-refractivity contribution in [3.05, 3.63) is 29.3 Å². The first-order valence-electron chi connectivity index (χ1n) is 6.25. The maximum Gasteiger partial charge on any atom is 0.251 e. The molecule has 20 heavy (non-hydrogen) atoms. The van der Waals surface area contributed by atoms with Gasteiger partial charge in [-0.1, -0.05) is 0 Å². The standard InChI is InChI=1S/C13H15F2N3O2/c1-16-12-9(14)4-7(5-10(12)15)13(20)17-6-11(19)18-8-2-3-8/h4-5,8,16H,2-3,6H2,1H3,(H,17,20)(H,18,19). The molecule has 1 aliphatic carbocycles. The highest BCUT2D eigenvalue weighted by Gasteiger charge is 2.23. The second-order valence-electron chi connectivity index (χ2n) is 4.59. The number of hydrogen-bond donors (Lipinski definition) is 3. The fourth-order valence-corrected chi connectivity index (χ4v) is 1.71. The number of benzene rings is 1. The molecule has 0 spiro atoms. The van der Waals surface area contributed by atoms with Crippen LogP contribution in [0.5, 0.6) is 0 Å². The summed E-state index contributed by atoms with van der Waals surface area (Å²) in [6, 6.07) is 2.04. The second kappa shape index (κ2) is 5.85. The molecule has 0 saturated heterocycles. The topological polar surface area (TPSA) is 70.2 Å². The number of carbonyl (C=O) groups excluding carboxylic acids is 2. The molecule has 3 N–H and O–H groups in total. The predicted octanol–water partition coefficient (Wildman–Crippen LogP) is 1.01. The van der Waals surface area contributed by atoms with Crippen LogP contribution in [0.4, 0.5) is 14.5 Å². The quantitative estimate of drug-likeness (QED) is 0.755. The Morgan fingerprint density at radius 3 is 2.35 bits per heavy atom. The van der Waals surface area contributed by atoms with Crippen molar-refractivity contribution >= 4 is 17.5 Å². The van der Waals surface area contributed by atoms with Crippen molar-refractivity contribution in [3.8, 4) is 0 Å². The Labute approximate surface area is 114 Å². The summed E-state index contributed by atoms with van der Waals surface area (Å²) in [6.07, 6.45) is 1.89. The summed E-state index contributed by atoms with van der Waals surface area (Å²) in [5.41, 5.74) is -0.466. The molecule has 0 atom stereocenters. The van der Waals surface area contributed by atoms with Crippen molar-refractivity contribution in [3.63, 3.8) is 0 Å². The van der Waals surface area contributed by atoms with Gasteiger partial charge in [-0.15, -0.1) is 0 Å². The molecule has 1 fully saturated rings. The first kappa shape index (κ1) is 14.2. The zero-order valence-corrected chi connectivity index (χ0v) is 10.9. The fraction of sp³-hybridized carbons (Fsp3) is 0.385. The van der Waals surface area contributed by atoms with E-state index in [2.05, 4.69) is 16.0 Å². The van der Waals surface area contributed by atoms with Crippen LogP contribution in [-0.4, -0.2) is 31.4 Å². The van der Waals surface area contributed by atoms with E-state index < -0.39 is 17.5 Å². The summed E-state index contributed by atoms with van der Waals surface area (Å²) in [4.78, 5) is 23.1. The van der Waals surface area contributed by atoms with Crippen LogP contribution in [0.3, 0.4) is 0 Å². The van der Waals surface area contributed by atoms with Crippen molar-refractivity contribution in [2.45, 2.75) is 18.9 Å². The van der Waals surface area contributed by atoms with Gasteiger partial charge in [0.2, 0.25) is 5.91 Å². The van der Waals surface area contributed by atoms with Gasteiger partial charge in [0.15, 0.2) is 0 Å². The maximum atomic E-state index is 13.5. The van der Waals surface area contributed by atoms with Gasteiger partial charge in [0.1, 0.15) is 17.3 Å². The summed E-state index contributed by atoms with van der Waals surface area (Å²) in [5, 5.41) is 7.37. The van der Waals surface area contributed by atoms with E-state index in [0.29, 0.717) is 0 Å². The SMILES string of the molecule is CNc1c(F)cc(C(=O)NCC(=O)NC2CC2)cc1F. The van der Waals surface area contributed by atoms with E-state index in [1.165, 1.54) is 7.05 Å². The molecule has 1 saturated carbocycles. The number of nitrogens with one attached hydrogen (secondary N) is 3. The van der Waals surface area contributed by atoms with Crippen molar-refractivity contribution in [2.75, 3.05) is 18.9 Å². The number of amides is 2. The number of rotatable bonds is 5. The molecule has 0 bridgehead atoms. The molecule has 1 aliphatic rings. The van der Waals surface area contributed by atoms with E-state index >= 15 is 0 Å². The summed E-state index contributed by atoms with van der Waals surface area (Å²) in [7, 11) is 1.38. The highest BCUT2D eigenvalue weighted by atomic mass is 19.1. The molecule has 1 aromatic carbocycles. The summed E-state index contributed by atoms with van der Waals surface area (Å²) in [6.45, 7) is -0.216. The summed E-state index contributed by atoms with van der Waals surface area (Å²) < 4.78 is 27.0. The third-order valence-electron chi connectivity index (χ3n) is 2.91. The van der Waals surface area contributed by atoms with E-state index in [4.69, 9.17) is 0 Å². The van der Waals surface area contributed by atoms with E-state index in [0.717, 1.165) is 25.0 Å². The van der Waals surface area contributed by atoms with Crippen LogP contribution in [-0.2, 0) is 4.79 Å². The normalized spacial score (nSPS) is 13.8. The van der Waals surface area contributed by atoms with Crippen LogP contribution < -0.4 is 16.0 Å². The molecule has 0 unspecified atom stereocenters. The van der Waals surface area contributed by atoms with Crippen LogP contribution in [0.25, 0.3) is 0 Å². The third-order valence-corrected chi connectivity index (χ3v) is 2.91. The van der Waals surface area contributed by atoms with Crippen molar-refractivity contribution in [1.82, 2.24) is 10.6 Å². The van der Waals surface area contributed by atoms with Crippen LogP contribution >= 0.6 is 0 Å².